The monoisotopic (exact) mass is 186 g/mol. The first-order valence-electron chi connectivity index (χ1n) is 1.98. The standard InChI is InChI=1S/C2H4O4S.CH2O3/c1-2-6-7(3,4)5;2-1(3)4/h2H,1H2,(H,3,4,5);(H2,2,3,4). The van der Waals surface area contributed by atoms with Gasteiger partial charge >= 0.3 is 16.6 Å². The lowest BCUT2D eigenvalue weighted by Crippen LogP contribution is -1.96. The smallest absolute Gasteiger partial charge is 0.450 e. The van der Waals surface area contributed by atoms with E-state index in [-0.39, 0.29) is 0 Å². The van der Waals surface area contributed by atoms with Crippen LogP contribution in [0.1, 0.15) is 0 Å². The molecule has 0 bridgehead atoms. The molecule has 0 saturated carbocycles. The molecule has 0 amide bonds. The van der Waals surface area contributed by atoms with Crippen molar-refractivity contribution in [1.82, 2.24) is 0 Å². The van der Waals surface area contributed by atoms with Gasteiger partial charge in [0.15, 0.2) is 0 Å². The number of hydrogen-bond acceptors (Lipinski definition) is 4. The summed E-state index contributed by atoms with van der Waals surface area (Å²) in [4.78, 5) is 8.56. The molecule has 0 atom stereocenters. The molecule has 3 N–H and O–H groups in total. The zero-order valence-electron chi connectivity index (χ0n) is 5.17. The predicted molar refractivity (Wildman–Crippen MR) is 33.5 cm³/mol. The van der Waals surface area contributed by atoms with Crippen LogP contribution < -0.4 is 0 Å². The maximum Gasteiger partial charge on any atom is 0.503 e. The molecular formula is C3H6O7S. The second-order valence-corrected chi connectivity index (χ2v) is 2.02. The van der Waals surface area contributed by atoms with Gasteiger partial charge in [0.1, 0.15) is 6.26 Å². The number of carbonyl (C=O) groups is 1. The fourth-order valence-electron chi connectivity index (χ4n) is 0.0860. The van der Waals surface area contributed by atoms with E-state index in [9.17, 15) is 8.42 Å². The minimum absolute atomic E-state index is 0.620. The van der Waals surface area contributed by atoms with Gasteiger partial charge in [0.25, 0.3) is 0 Å². The summed E-state index contributed by atoms with van der Waals surface area (Å²) < 4.78 is 30.2. The number of hydrogen-bond donors (Lipinski definition) is 3. The summed E-state index contributed by atoms with van der Waals surface area (Å²) >= 11 is 0. The van der Waals surface area contributed by atoms with Gasteiger partial charge in [-0.05, 0) is 0 Å². The van der Waals surface area contributed by atoms with Crippen molar-refractivity contribution < 1.29 is 32.2 Å². The van der Waals surface area contributed by atoms with Crippen LogP contribution in [-0.4, -0.2) is 29.3 Å². The van der Waals surface area contributed by atoms with Crippen LogP contribution in [0.15, 0.2) is 12.8 Å². The molecule has 0 spiro atoms. The van der Waals surface area contributed by atoms with Crippen molar-refractivity contribution in [3.8, 4) is 0 Å². The second-order valence-electron chi connectivity index (χ2n) is 0.973. The molecule has 11 heavy (non-hydrogen) atoms. The summed E-state index contributed by atoms with van der Waals surface area (Å²) in [6.45, 7) is 2.88. The molecule has 0 heterocycles. The Bertz CT molecular complexity index is 210. The van der Waals surface area contributed by atoms with Crippen LogP contribution in [0.4, 0.5) is 4.79 Å². The van der Waals surface area contributed by atoms with E-state index in [0.29, 0.717) is 6.26 Å². The molecule has 8 heteroatoms. The molecular weight excluding hydrogens is 180 g/mol. The molecule has 0 fully saturated rings. The van der Waals surface area contributed by atoms with E-state index in [0.717, 1.165) is 0 Å². The van der Waals surface area contributed by atoms with Gasteiger partial charge in [-0.25, -0.2) is 4.79 Å². The Kier molecular flexibility index (Phi) is 6.20. The van der Waals surface area contributed by atoms with Crippen LogP contribution in [0.25, 0.3) is 0 Å². The quantitative estimate of drug-likeness (QED) is 0.415. The zero-order valence-corrected chi connectivity index (χ0v) is 5.98. The Labute approximate surface area is 62.5 Å². The lowest BCUT2D eigenvalue weighted by molar-refractivity contribution is 0.137. The van der Waals surface area contributed by atoms with Crippen LogP contribution in [0.5, 0.6) is 0 Å². The molecule has 0 aromatic heterocycles. The highest BCUT2D eigenvalue weighted by Gasteiger charge is 1.96. The highest BCUT2D eigenvalue weighted by molar-refractivity contribution is 7.81. The molecule has 0 unspecified atom stereocenters. The number of carboxylic acid groups (broad SMARTS) is 2. The van der Waals surface area contributed by atoms with Crippen LogP contribution in [0.3, 0.4) is 0 Å². The zero-order chi connectivity index (χ0) is 9.49. The van der Waals surface area contributed by atoms with E-state index in [4.69, 9.17) is 19.6 Å². The van der Waals surface area contributed by atoms with E-state index in [1.54, 1.807) is 0 Å². The van der Waals surface area contributed by atoms with Crippen LogP contribution in [-0.2, 0) is 14.6 Å². The van der Waals surface area contributed by atoms with Gasteiger partial charge in [-0.15, -0.1) is 0 Å². The fourth-order valence-corrected chi connectivity index (χ4v) is 0.258. The molecule has 0 aromatic carbocycles. The molecule has 0 aliphatic heterocycles. The topological polar surface area (TPSA) is 121 Å². The third-order valence-corrected chi connectivity index (χ3v) is 0.569. The molecule has 0 aliphatic carbocycles. The molecule has 0 aliphatic rings. The van der Waals surface area contributed by atoms with Gasteiger partial charge in [-0.1, -0.05) is 6.58 Å². The summed E-state index contributed by atoms with van der Waals surface area (Å²) in [5, 5.41) is 13.9. The fraction of sp³-hybridized carbons (Fsp3) is 0. The van der Waals surface area contributed by atoms with Gasteiger partial charge in [-0.2, -0.15) is 8.42 Å². The summed E-state index contributed by atoms with van der Waals surface area (Å²) in [6, 6.07) is 0. The van der Waals surface area contributed by atoms with E-state index in [1.165, 1.54) is 0 Å². The maximum absolute atomic E-state index is 9.49. The summed E-state index contributed by atoms with van der Waals surface area (Å²) in [7, 11) is -4.29. The highest BCUT2D eigenvalue weighted by Crippen LogP contribution is 1.82. The largest absolute Gasteiger partial charge is 0.503 e. The van der Waals surface area contributed by atoms with Gasteiger partial charge in [0.05, 0.1) is 0 Å². The van der Waals surface area contributed by atoms with Crippen molar-refractivity contribution >= 4 is 16.6 Å². The van der Waals surface area contributed by atoms with Crippen molar-refractivity contribution in [2.75, 3.05) is 0 Å². The van der Waals surface area contributed by atoms with E-state index < -0.39 is 16.6 Å². The van der Waals surface area contributed by atoms with E-state index in [2.05, 4.69) is 10.8 Å². The highest BCUT2D eigenvalue weighted by atomic mass is 32.3. The summed E-state index contributed by atoms with van der Waals surface area (Å²) in [5.41, 5.74) is 0. The molecule has 0 radical (unpaired) electrons. The third kappa shape index (κ3) is 53.2. The minimum Gasteiger partial charge on any atom is -0.450 e. The summed E-state index contributed by atoms with van der Waals surface area (Å²) in [6.07, 6.45) is -1.21. The molecule has 7 nitrogen and oxygen atoms in total. The van der Waals surface area contributed by atoms with Crippen molar-refractivity contribution in [3.63, 3.8) is 0 Å². The van der Waals surface area contributed by atoms with E-state index >= 15 is 0 Å². The second kappa shape index (κ2) is 5.50. The van der Waals surface area contributed by atoms with Crippen LogP contribution in [0, 0.1) is 0 Å². The van der Waals surface area contributed by atoms with Crippen molar-refractivity contribution in [3.05, 3.63) is 12.8 Å². The Balaban J connectivity index is 0. The third-order valence-electron chi connectivity index (χ3n) is 0.190. The Morgan fingerprint density at radius 1 is 1.45 bits per heavy atom. The molecule has 0 saturated heterocycles. The van der Waals surface area contributed by atoms with Crippen molar-refractivity contribution in [2.45, 2.75) is 0 Å². The maximum atomic E-state index is 9.49. The first-order chi connectivity index (χ1) is 4.79. The Hall–Kier alpha value is -1.28. The molecule has 0 aromatic rings. The lowest BCUT2D eigenvalue weighted by atomic mass is 11.2. The SMILES string of the molecule is C=COS(=O)(=O)O.O=C(O)O. The van der Waals surface area contributed by atoms with Gasteiger partial charge in [-0.3, -0.25) is 4.55 Å². The molecule has 66 valence electrons. The van der Waals surface area contributed by atoms with Crippen LogP contribution in [0.2, 0.25) is 0 Å². The van der Waals surface area contributed by atoms with Crippen molar-refractivity contribution in [2.24, 2.45) is 0 Å². The predicted octanol–water partition coefficient (Wildman–Crippen LogP) is 0.172. The minimum atomic E-state index is -4.29. The molecule has 0 rings (SSSR count). The average molecular weight is 186 g/mol. The summed E-state index contributed by atoms with van der Waals surface area (Å²) in [5.74, 6) is 0. The first-order valence-corrected chi connectivity index (χ1v) is 3.34. The number of rotatable bonds is 2. The van der Waals surface area contributed by atoms with E-state index in [1.807, 2.05) is 0 Å². The Morgan fingerprint density at radius 3 is 1.73 bits per heavy atom. The normalized spacial score (nSPS) is 8.82. The lowest BCUT2D eigenvalue weighted by Gasteiger charge is -1.86. The van der Waals surface area contributed by atoms with Crippen LogP contribution >= 0.6 is 0 Å². The average Bonchev–Trinajstić information content (AvgIpc) is 1.58. The van der Waals surface area contributed by atoms with Gasteiger partial charge < -0.3 is 14.4 Å². The van der Waals surface area contributed by atoms with Crippen molar-refractivity contribution in [1.29, 1.82) is 0 Å². The first kappa shape index (κ1) is 12.4. The van der Waals surface area contributed by atoms with Gasteiger partial charge in [0.2, 0.25) is 0 Å². The van der Waals surface area contributed by atoms with Gasteiger partial charge in [0, 0.05) is 0 Å². The Morgan fingerprint density at radius 2 is 1.73 bits per heavy atom.